The van der Waals surface area contributed by atoms with Crippen LogP contribution in [0.25, 0.3) is 0 Å². The van der Waals surface area contributed by atoms with Crippen LogP contribution in [0.2, 0.25) is 0 Å². The van der Waals surface area contributed by atoms with Gasteiger partial charge in [-0.25, -0.2) is 0 Å². The molecule has 0 saturated heterocycles. The molecule has 0 N–H and O–H groups in total. The average Bonchev–Trinajstić information content (AvgIpc) is 2.89. The SMILES string of the molecule is CCC1CC2CCC(C3CCC4CC(C=O)C(CC=O)C(C4)C3)C(C2)C1C=O. The number of carbonyl (C=O) groups excluding carboxylic acids is 3. The van der Waals surface area contributed by atoms with Gasteiger partial charge in [0.05, 0.1) is 0 Å². The van der Waals surface area contributed by atoms with Crippen LogP contribution in [0.3, 0.4) is 0 Å². The maximum atomic E-state index is 12.0. The van der Waals surface area contributed by atoms with E-state index in [0.29, 0.717) is 41.9 Å². The Morgan fingerprint density at radius 2 is 1.54 bits per heavy atom. The summed E-state index contributed by atoms with van der Waals surface area (Å²) in [4.78, 5) is 35.1. The highest BCUT2D eigenvalue weighted by molar-refractivity contribution is 5.57. The van der Waals surface area contributed by atoms with Crippen LogP contribution >= 0.6 is 0 Å². The minimum absolute atomic E-state index is 0.0883. The molecule has 4 fully saturated rings. The van der Waals surface area contributed by atoms with E-state index in [0.717, 1.165) is 31.3 Å². The van der Waals surface area contributed by atoms with Crippen molar-refractivity contribution in [3.63, 3.8) is 0 Å². The van der Waals surface area contributed by atoms with Gasteiger partial charge < -0.3 is 14.4 Å². The lowest BCUT2D eigenvalue weighted by atomic mass is 9.55. The molecule has 0 spiro atoms. The fourth-order valence-electron chi connectivity index (χ4n) is 8.24. The standard InChI is InChI=1S/C25H38O3/c1-2-18-9-17-4-6-23(24(12-17)25(18)15-28)19-5-3-16-10-20(13-19)22(7-8-26)21(11-16)14-27/h8,14-25H,2-7,9-13H2,1H3. The fourth-order valence-corrected chi connectivity index (χ4v) is 8.24. The normalized spacial score (nSPS) is 48.3. The first kappa shape index (κ1) is 20.3. The minimum Gasteiger partial charge on any atom is -0.303 e. The number of aldehydes is 3. The molecule has 0 radical (unpaired) electrons. The van der Waals surface area contributed by atoms with Crippen LogP contribution in [0.1, 0.15) is 77.6 Å². The predicted octanol–water partition coefficient (Wildman–Crippen LogP) is 5.11. The zero-order valence-corrected chi connectivity index (χ0v) is 17.5. The molecule has 0 aliphatic heterocycles. The van der Waals surface area contributed by atoms with Crippen molar-refractivity contribution >= 4 is 18.9 Å². The molecule has 4 bridgehead atoms. The molecule has 0 amide bonds. The van der Waals surface area contributed by atoms with Gasteiger partial charge in [0.25, 0.3) is 0 Å². The van der Waals surface area contributed by atoms with Crippen molar-refractivity contribution in [1.29, 1.82) is 0 Å². The maximum absolute atomic E-state index is 12.0. The summed E-state index contributed by atoms with van der Waals surface area (Å²) in [7, 11) is 0. The molecule has 3 heteroatoms. The average molecular weight is 387 g/mol. The van der Waals surface area contributed by atoms with E-state index in [4.69, 9.17) is 0 Å². The van der Waals surface area contributed by atoms with Crippen molar-refractivity contribution in [2.45, 2.75) is 77.6 Å². The van der Waals surface area contributed by atoms with Crippen LogP contribution < -0.4 is 0 Å². The number of hydrogen-bond acceptors (Lipinski definition) is 3. The molecule has 0 heterocycles. The quantitative estimate of drug-likeness (QED) is 0.596. The van der Waals surface area contributed by atoms with Crippen LogP contribution in [0.5, 0.6) is 0 Å². The smallest absolute Gasteiger partial charge is 0.123 e. The minimum atomic E-state index is 0.0883. The lowest BCUT2D eigenvalue weighted by Gasteiger charge is -2.50. The molecule has 3 nitrogen and oxygen atoms in total. The molecule has 0 aromatic rings. The first-order chi connectivity index (χ1) is 13.7. The van der Waals surface area contributed by atoms with Gasteiger partial charge in [-0.3, -0.25) is 0 Å². The Morgan fingerprint density at radius 1 is 0.750 bits per heavy atom. The molecule has 10 atom stereocenters. The molecule has 4 aliphatic rings. The van der Waals surface area contributed by atoms with E-state index in [1.807, 2.05) is 0 Å². The van der Waals surface area contributed by atoms with Crippen molar-refractivity contribution in [3.05, 3.63) is 0 Å². The lowest BCUT2D eigenvalue weighted by molar-refractivity contribution is -0.121. The van der Waals surface area contributed by atoms with Crippen LogP contribution in [-0.4, -0.2) is 18.9 Å². The summed E-state index contributed by atoms with van der Waals surface area (Å²) in [5.41, 5.74) is 0. The van der Waals surface area contributed by atoms with E-state index in [9.17, 15) is 14.4 Å². The zero-order valence-electron chi connectivity index (χ0n) is 17.5. The third kappa shape index (κ3) is 3.75. The topological polar surface area (TPSA) is 51.2 Å². The summed E-state index contributed by atoms with van der Waals surface area (Å²) in [6.07, 6.45) is 16.3. The predicted molar refractivity (Wildman–Crippen MR) is 110 cm³/mol. The fraction of sp³-hybridized carbons (Fsp3) is 0.880. The Bertz CT molecular complexity index is 572. The summed E-state index contributed by atoms with van der Waals surface area (Å²) in [6, 6.07) is 0. The Balaban J connectivity index is 1.54. The summed E-state index contributed by atoms with van der Waals surface area (Å²) in [5, 5.41) is 0. The van der Waals surface area contributed by atoms with Crippen molar-refractivity contribution in [1.82, 2.24) is 0 Å². The molecule has 4 rings (SSSR count). The van der Waals surface area contributed by atoms with Crippen molar-refractivity contribution in [2.75, 3.05) is 0 Å². The summed E-state index contributed by atoms with van der Waals surface area (Å²) < 4.78 is 0. The summed E-state index contributed by atoms with van der Waals surface area (Å²) >= 11 is 0. The van der Waals surface area contributed by atoms with Gasteiger partial charge in [-0.1, -0.05) is 26.2 Å². The highest BCUT2D eigenvalue weighted by Crippen LogP contribution is 2.55. The monoisotopic (exact) mass is 386 g/mol. The Morgan fingerprint density at radius 3 is 2.25 bits per heavy atom. The van der Waals surface area contributed by atoms with Gasteiger partial charge in [0, 0.05) is 18.3 Å². The first-order valence-electron chi connectivity index (χ1n) is 12.0. The van der Waals surface area contributed by atoms with Crippen LogP contribution in [0.15, 0.2) is 0 Å². The molecule has 28 heavy (non-hydrogen) atoms. The second kappa shape index (κ2) is 8.79. The first-order valence-corrected chi connectivity index (χ1v) is 12.0. The van der Waals surface area contributed by atoms with E-state index in [2.05, 4.69) is 6.92 Å². The van der Waals surface area contributed by atoms with Gasteiger partial charge in [0.1, 0.15) is 18.9 Å². The van der Waals surface area contributed by atoms with E-state index in [-0.39, 0.29) is 17.8 Å². The number of hydrogen-bond donors (Lipinski definition) is 0. The van der Waals surface area contributed by atoms with E-state index < -0.39 is 0 Å². The molecule has 0 aromatic carbocycles. The van der Waals surface area contributed by atoms with E-state index >= 15 is 0 Å². The number of rotatable bonds is 6. The third-order valence-electron chi connectivity index (χ3n) is 9.52. The van der Waals surface area contributed by atoms with Gasteiger partial charge in [0.2, 0.25) is 0 Å². The summed E-state index contributed by atoms with van der Waals surface area (Å²) in [6.45, 7) is 2.26. The Hall–Kier alpha value is -0.990. The second-order valence-electron chi connectivity index (χ2n) is 10.7. The largest absolute Gasteiger partial charge is 0.303 e. The Labute approximate surface area is 170 Å². The summed E-state index contributed by atoms with van der Waals surface area (Å²) in [5.74, 6) is 5.22. The van der Waals surface area contributed by atoms with Gasteiger partial charge in [-0.05, 0) is 92.3 Å². The van der Waals surface area contributed by atoms with E-state index in [1.165, 1.54) is 57.7 Å². The van der Waals surface area contributed by atoms with Gasteiger partial charge >= 0.3 is 0 Å². The Kier molecular flexibility index (Phi) is 6.37. The van der Waals surface area contributed by atoms with Crippen LogP contribution in [-0.2, 0) is 14.4 Å². The van der Waals surface area contributed by atoms with Crippen molar-refractivity contribution in [3.8, 4) is 0 Å². The number of carbonyl (C=O) groups is 3. The molecule has 10 unspecified atom stereocenters. The van der Waals surface area contributed by atoms with Gasteiger partial charge in [0.15, 0.2) is 0 Å². The molecular formula is C25H38O3. The maximum Gasteiger partial charge on any atom is 0.123 e. The van der Waals surface area contributed by atoms with Crippen molar-refractivity contribution < 1.29 is 14.4 Å². The lowest BCUT2D eigenvalue weighted by Crippen LogP contribution is -2.43. The van der Waals surface area contributed by atoms with Crippen LogP contribution in [0.4, 0.5) is 0 Å². The van der Waals surface area contributed by atoms with E-state index in [1.54, 1.807) is 0 Å². The molecular weight excluding hydrogens is 348 g/mol. The van der Waals surface area contributed by atoms with Crippen LogP contribution in [0, 0.1) is 59.2 Å². The second-order valence-corrected chi connectivity index (χ2v) is 10.7. The number of fused-ring (bicyclic) bond motifs is 4. The third-order valence-corrected chi connectivity index (χ3v) is 9.52. The molecule has 156 valence electrons. The molecule has 4 saturated carbocycles. The van der Waals surface area contributed by atoms with Gasteiger partial charge in [-0.2, -0.15) is 0 Å². The van der Waals surface area contributed by atoms with Gasteiger partial charge in [-0.15, -0.1) is 0 Å². The molecule has 0 aromatic heterocycles. The zero-order chi connectivity index (χ0) is 19.7. The highest BCUT2D eigenvalue weighted by atomic mass is 16.1. The molecule has 4 aliphatic carbocycles. The highest BCUT2D eigenvalue weighted by Gasteiger charge is 2.48. The van der Waals surface area contributed by atoms with Crippen molar-refractivity contribution in [2.24, 2.45) is 59.2 Å².